The number of rotatable bonds is 5. The van der Waals surface area contributed by atoms with Gasteiger partial charge in [0.15, 0.2) is 5.84 Å². The van der Waals surface area contributed by atoms with Crippen molar-refractivity contribution in [3.63, 3.8) is 0 Å². The Morgan fingerprint density at radius 1 is 1.48 bits per heavy atom. The average molecular weight is 302 g/mol. The molecule has 0 spiro atoms. The topological polar surface area (TPSA) is 74.7 Å². The van der Waals surface area contributed by atoms with Crippen molar-refractivity contribution in [2.45, 2.75) is 25.9 Å². The second kappa shape index (κ2) is 5.79. The van der Waals surface area contributed by atoms with Crippen LogP contribution in [0.3, 0.4) is 0 Å². The molecular formula is C13H17F3N4O. The number of anilines is 1. The summed E-state index contributed by atoms with van der Waals surface area (Å²) in [6.45, 7) is 2.95. The molecule has 8 heteroatoms. The maximum Gasteiger partial charge on any atom is 0.433 e. The highest BCUT2D eigenvalue weighted by Crippen LogP contribution is 2.34. The molecule has 1 aliphatic carbocycles. The van der Waals surface area contributed by atoms with Crippen molar-refractivity contribution in [2.75, 3.05) is 18.0 Å². The van der Waals surface area contributed by atoms with Gasteiger partial charge in [-0.25, -0.2) is 4.98 Å². The van der Waals surface area contributed by atoms with Gasteiger partial charge in [-0.05, 0) is 37.8 Å². The second-order valence-corrected chi connectivity index (χ2v) is 5.03. The van der Waals surface area contributed by atoms with Gasteiger partial charge in [0.1, 0.15) is 11.5 Å². The molecule has 1 fully saturated rings. The molecule has 0 unspecified atom stereocenters. The lowest BCUT2D eigenvalue weighted by molar-refractivity contribution is -0.141. The Labute approximate surface area is 120 Å². The van der Waals surface area contributed by atoms with Crippen LogP contribution in [0.4, 0.5) is 19.0 Å². The third-order valence-corrected chi connectivity index (χ3v) is 3.41. The van der Waals surface area contributed by atoms with E-state index in [-0.39, 0.29) is 17.2 Å². The molecule has 0 radical (unpaired) electrons. The SMILES string of the molecule is CCN(CC1CC1)c1nc(C(F)(F)F)ccc1C(N)=NO. The van der Waals surface area contributed by atoms with E-state index in [4.69, 9.17) is 10.9 Å². The van der Waals surface area contributed by atoms with E-state index in [0.29, 0.717) is 19.0 Å². The summed E-state index contributed by atoms with van der Waals surface area (Å²) in [4.78, 5) is 5.43. The number of nitrogens with two attached hydrogens (primary N) is 1. The van der Waals surface area contributed by atoms with Gasteiger partial charge < -0.3 is 15.8 Å². The third-order valence-electron chi connectivity index (χ3n) is 3.41. The maximum absolute atomic E-state index is 12.8. The molecule has 1 aromatic rings. The fraction of sp³-hybridized carbons (Fsp3) is 0.538. The number of pyridine rings is 1. The van der Waals surface area contributed by atoms with Crippen LogP contribution in [0.15, 0.2) is 17.3 Å². The normalized spacial score (nSPS) is 16.1. The summed E-state index contributed by atoms with van der Waals surface area (Å²) >= 11 is 0. The molecule has 1 heterocycles. The van der Waals surface area contributed by atoms with Crippen molar-refractivity contribution in [3.05, 3.63) is 23.4 Å². The molecule has 116 valence electrons. The summed E-state index contributed by atoms with van der Waals surface area (Å²) in [6, 6.07) is 2.03. The lowest BCUT2D eigenvalue weighted by atomic mass is 10.2. The predicted molar refractivity (Wildman–Crippen MR) is 72.4 cm³/mol. The minimum absolute atomic E-state index is 0.106. The van der Waals surface area contributed by atoms with Crippen molar-refractivity contribution in [1.82, 2.24) is 4.98 Å². The first-order valence-corrected chi connectivity index (χ1v) is 6.68. The van der Waals surface area contributed by atoms with Crippen molar-refractivity contribution in [1.29, 1.82) is 0 Å². The Bertz CT molecular complexity index is 541. The maximum atomic E-state index is 12.8. The molecule has 0 bridgehead atoms. The van der Waals surface area contributed by atoms with E-state index in [1.165, 1.54) is 6.07 Å². The molecule has 0 amide bonds. The van der Waals surface area contributed by atoms with Gasteiger partial charge in [-0.3, -0.25) is 0 Å². The zero-order valence-corrected chi connectivity index (χ0v) is 11.6. The van der Waals surface area contributed by atoms with Crippen LogP contribution < -0.4 is 10.6 Å². The van der Waals surface area contributed by atoms with Gasteiger partial charge in [-0.1, -0.05) is 5.16 Å². The van der Waals surface area contributed by atoms with Gasteiger partial charge in [0.05, 0.1) is 5.56 Å². The van der Waals surface area contributed by atoms with E-state index < -0.39 is 11.9 Å². The van der Waals surface area contributed by atoms with Gasteiger partial charge in [-0.15, -0.1) is 0 Å². The quantitative estimate of drug-likeness (QED) is 0.379. The molecule has 0 aromatic carbocycles. The molecule has 3 N–H and O–H groups in total. The lowest BCUT2D eigenvalue weighted by Crippen LogP contribution is -2.30. The van der Waals surface area contributed by atoms with E-state index in [2.05, 4.69) is 10.1 Å². The smallest absolute Gasteiger partial charge is 0.409 e. The highest BCUT2D eigenvalue weighted by Gasteiger charge is 2.34. The Hall–Kier alpha value is -1.99. The number of aromatic nitrogens is 1. The first kappa shape index (κ1) is 15.4. The summed E-state index contributed by atoms with van der Waals surface area (Å²) in [5.74, 6) is 0.330. The number of oxime groups is 1. The number of hydrogen-bond acceptors (Lipinski definition) is 4. The zero-order chi connectivity index (χ0) is 15.6. The Morgan fingerprint density at radius 2 is 2.14 bits per heavy atom. The molecule has 21 heavy (non-hydrogen) atoms. The molecule has 1 saturated carbocycles. The van der Waals surface area contributed by atoms with E-state index >= 15 is 0 Å². The lowest BCUT2D eigenvalue weighted by Gasteiger charge is -2.25. The summed E-state index contributed by atoms with van der Waals surface area (Å²) in [7, 11) is 0. The molecule has 1 aliphatic rings. The molecule has 0 saturated heterocycles. The van der Waals surface area contributed by atoms with Gasteiger partial charge in [0.2, 0.25) is 0 Å². The molecule has 2 rings (SSSR count). The first-order chi connectivity index (χ1) is 9.86. The third kappa shape index (κ3) is 3.56. The van der Waals surface area contributed by atoms with Gasteiger partial charge >= 0.3 is 6.18 Å². The number of amidine groups is 1. The number of halogens is 3. The van der Waals surface area contributed by atoms with Crippen LogP contribution in [0.2, 0.25) is 0 Å². The zero-order valence-electron chi connectivity index (χ0n) is 11.6. The molecule has 0 atom stereocenters. The molecule has 0 aliphatic heterocycles. The predicted octanol–water partition coefficient (Wildman–Crippen LogP) is 2.43. The minimum Gasteiger partial charge on any atom is -0.409 e. The summed E-state index contributed by atoms with van der Waals surface area (Å²) in [6.07, 6.45) is -2.40. The Kier molecular flexibility index (Phi) is 4.24. The summed E-state index contributed by atoms with van der Waals surface area (Å²) in [5, 5.41) is 11.7. The fourth-order valence-corrected chi connectivity index (χ4v) is 2.08. The summed E-state index contributed by atoms with van der Waals surface area (Å²) in [5.41, 5.74) is 4.76. The van der Waals surface area contributed by atoms with Crippen molar-refractivity contribution in [3.8, 4) is 0 Å². The largest absolute Gasteiger partial charge is 0.433 e. The van der Waals surface area contributed by atoms with Crippen LogP contribution in [-0.4, -0.2) is 29.1 Å². The van der Waals surface area contributed by atoms with Crippen LogP contribution in [0.1, 0.15) is 31.0 Å². The van der Waals surface area contributed by atoms with Gasteiger partial charge in [0.25, 0.3) is 0 Å². The van der Waals surface area contributed by atoms with Crippen LogP contribution in [0.25, 0.3) is 0 Å². The molecular weight excluding hydrogens is 285 g/mol. The highest BCUT2D eigenvalue weighted by atomic mass is 19.4. The molecule has 5 nitrogen and oxygen atoms in total. The highest BCUT2D eigenvalue weighted by molar-refractivity contribution is 6.01. The van der Waals surface area contributed by atoms with Crippen molar-refractivity contribution >= 4 is 11.7 Å². The monoisotopic (exact) mass is 302 g/mol. The van der Waals surface area contributed by atoms with E-state index in [1.54, 1.807) is 4.90 Å². The van der Waals surface area contributed by atoms with Crippen molar-refractivity contribution in [2.24, 2.45) is 16.8 Å². The van der Waals surface area contributed by atoms with Gasteiger partial charge in [0, 0.05) is 13.1 Å². The second-order valence-electron chi connectivity index (χ2n) is 5.03. The standard InChI is InChI=1S/C13H17F3N4O/c1-2-20(7-8-3-4-8)12-9(11(17)19-21)5-6-10(18-12)13(14,15)16/h5-6,8,21H,2-4,7H2,1H3,(H2,17,19). The number of hydrogen-bond donors (Lipinski definition) is 2. The molecule has 1 aromatic heterocycles. The minimum atomic E-state index is -4.53. The summed E-state index contributed by atoms with van der Waals surface area (Å²) < 4.78 is 38.5. The van der Waals surface area contributed by atoms with E-state index in [1.807, 2.05) is 6.92 Å². The number of alkyl halides is 3. The van der Waals surface area contributed by atoms with E-state index in [9.17, 15) is 13.2 Å². The van der Waals surface area contributed by atoms with Crippen LogP contribution in [0.5, 0.6) is 0 Å². The first-order valence-electron chi connectivity index (χ1n) is 6.68. The van der Waals surface area contributed by atoms with Crippen LogP contribution in [-0.2, 0) is 6.18 Å². The fourth-order valence-electron chi connectivity index (χ4n) is 2.08. The van der Waals surface area contributed by atoms with Crippen molar-refractivity contribution < 1.29 is 18.4 Å². The van der Waals surface area contributed by atoms with Crippen LogP contribution in [0, 0.1) is 5.92 Å². The Balaban J connectivity index is 2.45. The van der Waals surface area contributed by atoms with E-state index in [0.717, 1.165) is 18.9 Å². The Morgan fingerprint density at radius 3 is 2.62 bits per heavy atom. The average Bonchev–Trinajstić information content (AvgIpc) is 3.26. The number of nitrogens with zero attached hydrogens (tertiary/aromatic N) is 3. The van der Waals surface area contributed by atoms with Gasteiger partial charge in [-0.2, -0.15) is 13.2 Å². The van der Waals surface area contributed by atoms with Crippen LogP contribution >= 0.6 is 0 Å².